The van der Waals surface area contributed by atoms with Crippen LogP contribution in [0.1, 0.15) is 219 Å². The number of esters is 1. The molecule has 0 amide bonds. The summed E-state index contributed by atoms with van der Waals surface area (Å²) < 4.78 is 33.4. The Morgan fingerprint density at radius 3 is 1.46 bits per heavy atom. The largest absolute Gasteiger partial charge is 0.480 e. The lowest BCUT2D eigenvalue weighted by Crippen LogP contribution is -2.34. The van der Waals surface area contributed by atoms with Crippen LogP contribution in [0.2, 0.25) is 0 Å². The Kier molecular flexibility index (Phi) is 42.9. The number of hydrogen-bond acceptors (Lipinski definition) is 8. The van der Waals surface area contributed by atoms with E-state index in [1.807, 2.05) is 0 Å². The molecule has 0 aliphatic heterocycles. The van der Waals surface area contributed by atoms with Crippen molar-refractivity contribution < 1.29 is 42.7 Å². The molecule has 0 aliphatic carbocycles. The first-order valence-electron chi connectivity index (χ1n) is 24.0. The van der Waals surface area contributed by atoms with Gasteiger partial charge >= 0.3 is 19.8 Å². The zero-order chi connectivity index (χ0) is 43.3. The van der Waals surface area contributed by atoms with Crippen molar-refractivity contribution in [1.82, 2.24) is 0 Å². The first-order chi connectivity index (χ1) is 28.7. The van der Waals surface area contributed by atoms with E-state index < -0.39 is 45.1 Å². The Balaban J connectivity index is 4.08. The van der Waals surface area contributed by atoms with E-state index in [2.05, 4.69) is 50.3 Å². The fourth-order valence-corrected chi connectivity index (χ4v) is 7.52. The monoisotopic (exact) mass is 856 g/mol. The van der Waals surface area contributed by atoms with Crippen LogP contribution in [0.15, 0.2) is 36.5 Å². The van der Waals surface area contributed by atoms with Crippen molar-refractivity contribution in [3.63, 3.8) is 0 Å². The van der Waals surface area contributed by atoms with E-state index in [0.717, 1.165) is 57.8 Å². The van der Waals surface area contributed by atoms with Crippen LogP contribution in [0.5, 0.6) is 0 Å². The minimum atomic E-state index is -4.62. The lowest BCUT2D eigenvalue weighted by molar-refractivity contribution is -0.154. The van der Waals surface area contributed by atoms with Crippen molar-refractivity contribution in [2.24, 2.45) is 5.73 Å². The zero-order valence-electron chi connectivity index (χ0n) is 37.9. The molecule has 0 aliphatic rings. The third-order valence-corrected chi connectivity index (χ3v) is 11.4. The van der Waals surface area contributed by atoms with E-state index in [1.165, 1.54) is 135 Å². The molecule has 0 rings (SSSR count). The standard InChI is InChI=1S/C48H90NO9P/c1-3-5-7-9-11-13-15-17-18-19-20-21-22-23-24-25-26-27-29-31-33-35-37-39-41-55-42-45(43-56-59(53,54)57-44-46(49)48(51)52)58-47(50)40-38-36-34-32-30-28-16-14-12-10-8-6-4-2/h6,8,12,14,28,30,45-46H,3-5,7,9-11,13,15-27,29,31-44,49H2,1-2H3,(H,51,52)(H,53,54)/b8-6-,14-12-,30-28-. The van der Waals surface area contributed by atoms with Crippen LogP contribution in [0.4, 0.5) is 0 Å². The second-order valence-electron chi connectivity index (χ2n) is 16.2. The lowest BCUT2D eigenvalue weighted by atomic mass is 10.0. The predicted molar refractivity (Wildman–Crippen MR) is 245 cm³/mol. The second kappa shape index (κ2) is 44.3. The highest BCUT2D eigenvalue weighted by atomic mass is 31.2. The molecule has 4 N–H and O–H groups in total. The molecule has 0 heterocycles. The Labute approximate surface area is 361 Å². The highest BCUT2D eigenvalue weighted by Crippen LogP contribution is 2.43. The number of phosphoric acid groups is 1. The van der Waals surface area contributed by atoms with Gasteiger partial charge in [0, 0.05) is 13.0 Å². The topological polar surface area (TPSA) is 155 Å². The summed E-state index contributed by atoms with van der Waals surface area (Å²) in [4.78, 5) is 33.5. The van der Waals surface area contributed by atoms with E-state index >= 15 is 0 Å². The molecule has 3 unspecified atom stereocenters. The summed E-state index contributed by atoms with van der Waals surface area (Å²) in [5, 5.41) is 8.90. The van der Waals surface area contributed by atoms with E-state index in [4.69, 9.17) is 29.4 Å². The highest BCUT2D eigenvalue weighted by molar-refractivity contribution is 7.47. The summed E-state index contributed by atoms with van der Waals surface area (Å²) in [7, 11) is -4.62. The number of allylic oxidation sites excluding steroid dienone is 6. The number of carbonyl (C=O) groups is 2. The number of phosphoric ester groups is 1. The number of carboxylic acid groups (broad SMARTS) is 1. The molecule has 0 aromatic rings. The minimum absolute atomic E-state index is 0.00781. The van der Waals surface area contributed by atoms with Crippen LogP contribution in [0, 0.1) is 0 Å². The maximum absolute atomic E-state index is 12.6. The Bertz CT molecular complexity index is 1080. The number of aliphatic carboxylic acids is 1. The molecule has 0 spiro atoms. The van der Waals surface area contributed by atoms with Crippen LogP contribution < -0.4 is 5.73 Å². The summed E-state index contributed by atoms with van der Waals surface area (Å²) in [6, 6.07) is -1.48. The Hall–Kier alpha value is -1.81. The van der Waals surface area contributed by atoms with E-state index in [1.54, 1.807) is 0 Å². The molecule has 0 aromatic carbocycles. The molecule has 59 heavy (non-hydrogen) atoms. The summed E-state index contributed by atoms with van der Waals surface area (Å²) >= 11 is 0. The van der Waals surface area contributed by atoms with E-state index in [-0.39, 0.29) is 13.0 Å². The van der Waals surface area contributed by atoms with Crippen molar-refractivity contribution >= 4 is 19.8 Å². The normalized spacial score (nSPS) is 14.1. The summed E-state index contributed by atoms with van der Waals surface area (Å²) in [5.41, 5.74) is 5.36. The molecule has 0 fully saturated rings. The van der Waals surface area contributed by atoms with Gasteiger partial charge in [-0.2, -0.15) is 0 Å². The number of hydrogen-bond donors (Lipinski definition) is 3. The summed E-state index contributed by atoms with van der Waals surface area (Å²) in [6.45, 7) is 3.76. The molecule has 0 bridgehead atoms. The molecule has 0 saturated carbocycles. The number of carboxylic acids is 1. The number of carbonyl (C=O) groups excluding carboxylic acids is 1. The fraction of sp³-hybridized carbons (Fsp3) is 0.833. The van der Waals surface area contributed by atoms with Crippen molar-refractivity contribution in [2.45, 2.75) is 231 Å². The number of ether oxygens (including phenoxy) is 2. The maximum Gasteiger partial charge on any atom is 0.472 e. The van der Waals surface area contributed by atoms with Gasteiger partial charge in [-0.25, -0.2) is 4.57 Å². The van der Waals surface area contributed by atoms with Gasteiger partial charge < -0.3 is 25.2 Å². The van der Waals surface area contributed by atoms with Crippen molar-refractivity contribution in [1.29, 1.82) is 0 Å². The third-order valence-electron chi connectivity index (χ3n) is 10.4. The van der Waals surface area contributed by atoms with Crippen LogP contribution in [0.25, 0.3) is 0 Å². The molecule has 0 aromatic heterocycles. The minimum Gasteiger partial charge on any atom is -0.480 e. The van der Waals surface area contributed by atoms with Gasteiger partial charge in [-0.3, -0.25) is 18.6 Å². The second-order valence-corrected chi connectivity index (χ2v) is 17.7. The smallest absolute Gasteiger partial charge is 0.472 e. The molecule has 0 radical (unpaired) electrons. The summed E-state index contributed by atoms with van der Waals surface area (Å²) in [6.07, 6.45) is 50.8. The van der Waals surface area contributed by atoms with Gasteiger partial charge in [0.25, 0.3) is 0 Å². The SMILES string of the molecule is CC/C=C\C/C=C\C/C=C\CCCCCC(=O)OC(COCCCCCCCCCCCCCCCCCCCCCCCCCC)COP(=O)(O)OCC(N)C(=O)O. The van der Waals surface area contributed by atoms with Gasteiger partial charge in [-0.05, 0) is 44.9 Å². The van der Waals surface area contributed by atoms with Gasteiger partial charge in [0.1, 0.15) is 12.1 Å². The molecule has 3 atom stereocenters. The molecule has 346 valence electrons. The Morgan fingerprint density at radius 2 is 0.983 bits per heavy atom. The van der Waals surface area contributed by atoms with Crippen LogP contribution >= 0.6 is 7.82 Å². The van der Waals surface area contributed by atoms with Crippen LogP contribution in [-0.2, 0) is 32.7 Å². The van der Waals surface area contributed by atoms with E-state index in [9.17, 15) is 19.0 Å². The van der Waals surface area contributed by atoms with Gasteiger partial charge in [0.15, 0.2) is 0 Å². The molecule has 11 heteroatoms. The predicted octanol–water partition coefficient (Wildman–Crippen LogP) is 13.7. The highest BCUT2D eigenvalue weighted by Gasteiger charge is 2.27. The van der Waals surface area contributed by atoms with Crippen molar-refractivity contribution in [3.05, 3.63) is 36.5 Å². The van der Waals surface area contributed by atoms with Crippen LogP contribution in [0.3, 0.4) is 0 Å². The van der Waals surface area contributed by atoms with Gasteiger partial charge in [-0.15, -0.1) is 0 Å². The molecular formula is C48H90NO9P. The van der Waals surface area contributed by atoms with Crippen molar-refractivity contribution in [2.75, 3.05) is 26.4 Å². The van der Waals surface area contributed by atoms with Gasteiger partial charge in [-0.1, -0.05) is 204 Å². The number of unbranched alkanes of at least 4 members (excludes halogenated alkanes) is 26. The molecular weight excluding hydrogens is 766 g/mol. The third kappa shape index (κ3) is 44.1. The number of nitrogens with two attached hydrogens (primary N) is 1. The lowest BCUT2D eigenvalue weighted by Gasteiger charge is -2.20. The first-order valence-corrected chi connectivity index (χ1v) is 25.5. The molecule has 10 nitrogen and oxygen atoms in total. The van der Waals surface area contributed by atoms with E-state index in [0.29, 0.717) is 13.0 Å². The fourth-order valence-electron chi connectivity index (χ4n) is 6.74. The number of rotatable bonds is 46. The summed E-state index contributed by atoms with van der Waals surface area (Å²) in [5.74, 6) is -1.80. The first kappa shape index (κ1) is 57.2. The maximum atomic E-state index is 12.6. The average Bonchev–Trinajstić information content (AvgIpc) is 3.21. The van der Waals surface area contributed by atoms with Gasteiger partial charge in [0.05, 0.1) is 19.8 Å². The molecule has 0 saturated heterocycles. The quantitative estimate of drug-likeness (QED) is 0.0233. The Morgan fingerprint density at radius 1 is 0.559 bits per heavy atom. The average molecular weight is 856 g/mol. The van der Waals surface area contributed by atoms with Crippen LogP contribution in [-0.4, -0.2) is 60.5 Å². The van der Waals surface area contributed by atoms with Gasteiger partial charge in [0.2, 0.25) is 0 Å². The van der Waals surface area contributed by atoms with Crippen molar-refractivity contribution in [3.8, 4) is 0 Å². The zero-order valence-corrected chi connectivity index (χ0v) is 38.7.